The Morgan fingerprint density at radius 2 is 2.11 bits per heavy atom. The van der Waals surface area contributed by atoms with Crippen molar-refractivity contribution >= 4 is 17.7 Å². The molecule has 1 aromatic heterocycles. The second-order valence-corrected chi connectivity index (χ2v) is 7.28. The molecular weight excluding hydrogens is 378 g/mol. The van der Waals surface area contributed by atoms with E-state index in [1.165, 1.54) is 11.8 Å². The van der Waals surface area contributed by atoms with Crippen LogP contribution in [-0.4, -0.2) is 46.8 Å². The zero-order valence-corrected chi connectivity index (χ0v) is 17.2. The number of benzene rings is 1. The summed E-state index contributed by atoms with van der Waals surface area (Å²) in [6, 6.07) is 5.73. The predicted molar refractivity (Wildman–Crippen MR) is 108 cm³/mol. The fourth-order valence-corrected chi connectivity index (χ4v) is 3.63. The average molecular weight is 404 g/mol. The highest BCUT2D eigenvalue weighted by Gasteiger charge is 2.20. The number of fused-ring (bicyclic) bond motifs is 1. The summed E-state index contributed by atoms with van der Waals surface area (Å²) in [5, 5.41) is 0.587. The number of carbonyl (C=O) groups excluding carboxylic acids is 1. The van der Waals surface area contributed by atoms with E-state index in [1.54, 1.807) is 11.8 Å². The Bertz CT molecular complexity index is 913. The quantitative estimate of drug-likeness (QED) is 0.565. The molecule has 1 amide bonds. The first-order valence-corrected chi connectivity index (χ1v) is 10.5. The van der Waals surface area contributed by atoms with E-state index >= 15 is 0 Å². The Kier molecular flexibility index (Phi) is 6.61. The molecule has 2 aromatic rings. The van der Waals surface area contributed by atoms with Crippen molar-refractivity contribution in [2.24, 2.45) is 0 Å². The molecule has 150 valence electrons. The van der Waals surface area contributed by atoms with Crippen molar-refractivity contribution in [2.75, 3.05) is 26.0 Å². The molecule has 8 heteroatoms. The van der Waals surface area contributed by atoms with Gasteiger partial charge in [-0.15, -0.1) is 0 Å². The van der Waals surface area contributed by atoms with E-state index < -0.39 is 0 Å². The van der Waals surface area contributed by atoms with Gasteiger partial charge in [0, 0.05) is 36.3 Å². The lowest BCUT2D eigenvalue weighted by Gasteiger charge is -2.25. The molecule has 7 nitrogen and oxygen atoms in total. The molecule has 28 heavy (non-hydrogen) atoms. The summed E-state index contributed by atoms with van der Waals surface area (Å²) in [6.07, 6.45) is 2.48. The maximum Gasteiger partial charge on any atom is 0.254 e. The number of H-pyrrole nitrogens is 1. The number of aromatic nitrogens is 2. The highest BCUT2D eigenvalue weighted by molar-refractivity contribution is 7.98. The lowest BCUT2D eigenvalue weighted by atomic mass is 10.1. The summed E-state index contributed by atoms with van der Waals surface area (Å²) in [5.74, 6) is 1.42. The van der Waals surface area contributed by atoms with Gasteiger partial charge in [0.2, 0.25) is 5.91 Å². The minimum Gasteiger partial charge on any atom is -0.486 e. The second-order valence-electron chi connectivity index (χ2n) is 6.49. The maximum atomic E-state index is 12.8. The van der Waals surface area contributed by atoms with Gasteiger partial charge < -0.3 is 19.4 Å². The summed E-state index contributed by atoms with van der Waals surface area (Å²) in [4.78, 5) is 33.9. The molecular formula is C20H25N3O4S. The first-order valence-electron chi connectivity index (χ1n) is 9.32. The van der Waals surface area contributed by atoms with Crippen LogP contribution in [0.5, 0.6) is 11.5 Å². The second kappa shape index (κ2) is 9.14. The minimum atomic E-state index is -0.171. The Labute approximate surface area is 168 Å². The van der Waals surface area contributed by atoms with Gasteiger partial charge in [-0.1, -0.05) is 23.9 Å². The van der Waals surface area contributed by atoms with Gasteiger partial charge in [-0.05, 0) is 32.6 Å². The van der Waals surface area contributed by atoms with Gasteiger partial charge in [-0.3, -0.25) is 9.59 Å². The predicted octanol–water partition coefficient (Wildman–Crippen LogP) is 2.55. The van der Waals surface area contributed by atoms with Crippen molar-refractivity contribution in [1.29, 1.82) is 0 Å². The molecule has 0 atom stereocenters. The van der Waals surface area contributed by atoms with E-state index in [-0.39, 0.29) is 17.9 Å². The molecule has 1 aliphatic rings. The van der Waals surface area contributed by atoms with Gasteiger partial charge in [-0.25, -0.2) is 4.98 Å². The van der Waals surface area contributed by atoms with Crippen LogP contribution in [0, 0.1) is 6.92 Å². The van der Waals surface area contributed by atoms with Crippen molar-refractivity contribution in [1.82, 2.24) is 14.9 Å². The smallest absolute Gasteiger partial charge is 0.254 e. The topological polar surface area (TPSA) is 84.5 Å². The van der Waals surface area contributed by atoms with Crippen LogP contribution >= 0.6 is 11.8 Å². The van der Waals surface area contributed by atoms with Crippen LogP contribution in [0.2, 0.25) is 0 Å². The van der Waals surface area contributed by atoms with Crippen LogP contribution in [0.4, 0.5) is 0 Å². The largest absolute Gasteiger partial charge is 0.486 e. The van der Waals surface area contributed by atoms with E-state index in [0.29, 0.717) is 54.9 Å². The van der Waals surface area contributed by atoms with Crippen LogP contribution in [-0.2, 0) is 17.8 Å². The first kappa shape index (κ1) is 20.3. The number of thioether (sulfide) groups is 1. The summed E-state index contributed by atoms with van der Waals surface area (Å²) in [7, 11) is 0. The fraction of sp³-hybridized carbons (Fsp3) is 0.450. The number of ether oxygens (including phenoxy) is 2. The molecule has 0 unspecified atom stereocenters. The van der Waals surface area contributed by atoms with E-state index in [9.17, 15) is 9.59 Å². The number of amides is 1. The number of aromatic amines is 1. The standard InChI is InChI=1S/C20H25N3O4S/c1-4-23(12-14-6-5-7-16-18(14)27-11-10-26-16)17(24)9-8-15-13(2)21-20(28-3)22-19(15)25/h5-7H,4,8-12H2,1-3H3,(H,21,22,25). The Balaban J connectivity index is 1.69. The SMILES string of the molecule is CCN(Cc1cccc2c1OCCO2)C(=O)CCc1c(C)nc(SC)[nH]c1=O. The van der Waals surface area contributed by atoms with Crippen LogP contribution in [0.25, 0.3) is 0 Å². The van der Waals surface area contributed by atoms with E-state index in [2.05, 4.69) is 9.97 Å². The third-order valence-electron chi connectivity index (χ3n) is 4.73. The fourth-order valence-electron chi connectivity index (χ4n) is 3.21. The van der Waals surface area contributed by atoms with Gasteiger partial charge in [0.05, 0.1) is 0 Å². The van der Waals surface area contributed by atoms with Crippen LogP contribution in [0.1, 0.15) is 30.2 Å². The zero-order chi connectivity index (χ0) is 20.1. The molecule has 2 heterocycles. The zero-order valence-electron chi connectivity index (χ0n) is 16.4. The maximum absolute atomic E-state index is 12.8. The Morgan fingerprint density at radius 1 is 1.32 bits per heavy atom. The van der Waals surface area contributed by atoms with Crippen molar-refractivity contribution < 1.29 is 14.3 Å². The third kappa shape index (κ3) is 4.49. The van der Waals surface area contributed by atoms with E-state index in [0.717, 1.165) is 11.3 Å². The van der Waals surface area contributed by atoms with Gasteiger partial charge in [0.25, 0.3) is 5.56 Å². The summed E-state index contributed by atoms with van der Waals surface area (Å²) >= 11 is 1.39. The van der Waals surface area contributed by atoms with Gasteiger partial charge in [0.1, 0.15) is 13.2 Å². The lowest BCUT2D eigenvalue weighted by Crippen LogP contribution is -2.31. The van der Waals surface area contributed by atoms with Crippen LogP contribution in [0.15, 0.2) is 28.2 Å². The first-order chi connectivity index (χ1) is 13.5. The molecule has 1 aromatic carbocycles. The molecule has 1 aliphatic heterocycles. The average Bonchev–Trinajstić information content (AvgIpc) is 2.71. The molecule has 1 N–H and O–H groups in total. The molecule has 0 fully saturated rings. The van der Waals surface area contributed by atoms with Crippen molar-refractivity contribution in [3.05, 3.63) is 45.4 Å². The Morgan fingerprint density at radius 3 is 2.82 bits per heavy atom. The highest BCUT2D eigenvalue weighted by atomic mass is 32.2. The number of rotatable bonds is 7. The lowest BCUT2D eigenvalue weighted by molar-refractivity contribution is -0.131. The molecule has 0 bridgehead atoms. The van der Waals surface area contributed by atoms with E-state index in [1.807, 2.05) is 31.4 Å². The molecule has 0 radical (unpaired) electrons. The Hall–Kier alpha value is -2.48. The van der Waals surface area contributed by atoms with Gasteiger partial charge in [0.15, 0.2) is 16.7 Å². The minimum absolute atomic E-state index is 0.00965. The van der Waals surface area contributed by atoms with Crippen molar-refractivity contribution in [3.63, 3.8) is 0 Å². The number of hydrogen-bond donors (Lipinski definition) is 1. The number of nitrogens with one attached hydrogen (secondary N) is 1. The summed E-state index contributed by atoms with van der Waals surface area (Å²) in [5.41, 5.74) is 1.99. The van der Waals surface area contributed by atoms with Gasteiger partial charge in [-0.2, -0.15) is 0 Å². The highest BCUT2D eigenvalue weighted by Crippen LogP contribution is 2.34. The number of hydrogen-bond acceptors (Lipinski definition) is 6. The van der Waals surface area contributed by atoms with Crippen LogP contribution in [0.3, 0.4) is 0 Å². The molecule has 3 rings (SSSR count). The normalized spacial score (nSPS) is 12.7. The number of para-hydroxylation sites is 1. The van der Waals surface area contributed by atoms with Crippen molar-refractivity contribution in [3.8, 4) is 11.5 Å². The van der Waals surface area contributed by atoms with Crippen molar-refractivity contribution in [2.45, 2.75) is 38.4 Å². The summed E-state index contributed by atoms with van der Waals surface area (Å²) in [6.45, 7) is 5.80. The number of nitrogens with zero attached hydrogens (tertiary/aromatic N) is 2. The monoisotopic (exact) mass is 403 g/mol. The van der Waals surface area contributed by atoms with Crippen LogP contribution < -0.4 is 15.0 Å². The van der Waals surface area contributed by atoms with Gasteiger partial charge >= 0.3 is 0 Å². The number of aryl methyl sites for hydroxylation is 1. The molecule has 0 saturated heterocycles. The molecule has 0 saturated carbocycles. The number of carbonyl (C=O) groups is 1. The molecule has 0 aliphatic carbocycles. The third-order valence-corrected chi connectivity index (χ3v) is 5.31. The van der Waals surface area contributed by atoms with E-state index in [4.69, 9.17) is 9.47 Å². The summed E-state index contributed by atoms with van der Waals surface area (Å²) < 4.78 is 11.4. The molecule has 0 spiro atoms.